The number of alkyl halides is 5. The van der Waals surface area contributed by atoms with Gasteiger partial charge in [0.15, 0.2) is 5.84 Å². The van der Waals surface area contributed by atoms with E-state index >= 15 is 0 Å². The van der Waals surface area contributed by atoms with Crippen LogP contribution in [0.5, 0.6) is 5.75 Å². The second-order valence-electron chi connectivity index (χ2n) is 3.07. The number of nitrogens with two attached hydrogens (primary N) is 1. The van der Waals surface area contributed by atoms with E-state index in [0.717, 1.165) is 6.07 Å². The molecular weight excluding hydrogens is 263 g/mol. The lowest BCUT2D eigenvalue weighted by Crippen LogP contribution is -2.16. The van der Waals surface area contributed by atoms with Crippen molar-refractivity contribution in [2.45, 2.75) is 12.8 Å². The van der Waals surface area contributed by atoms with Crippen molar-refractivity contribution >= 4 is 5.84 Å². The van der Waals surface area contributed by atoms with Gasteiger partial charge < -0.3 is 15.7 Å². The lowest BCUT2D eigenvalue weighted by Gasteiger charge is -2.14. The number of benzene rings is 1. The second kappa shape index (κ2) is 5.07. The Hall–Kier alpha value is -2.06. The molecule has 18 heavy (non-hydrogen) atoms. The van der Waals surface area contributed by atoms with E-state index in [1.807, 2.05) is 0 Å². The molecule has 0 radical (unpaired) electrons. The van der Waals surface area contributed by atoms with Crippen molar-refractivity contribution in [1.82, 2.24) is 0 Å². The molecule has 0 unspecified atom stereocenters. The van der Waals surface area contributed by atoms with Crippen molar-refractivity contribution in [3.63, 3.8) is 0 Å². The zero-order valence-electron chi connectivity index (χ0n) is 8.58. The molecule has 1 rings (SSSR count). The molecule has 0 bridgehead atoms. The summed E-state index contributed by atoms with van der Waals surface area (Å²) in [5, 5.41) is 10.8. The Bertz CT molecular complexity index is 459. The number of hydrogen-bond donors (Lipinski definition) is 2. The van der Waals surface area contributed by atoms with E-state index in [-0.39, 0.29) is 5.56 Å². The van der Waals surface area contributed by atoms with E-state index < -0.39 is 29.9 Å². The highest BCUT2D eigenvalue weighted by Crippen LogP contribution is 2.37. The quantitative estimate of drug-likeness (QED) is 0.291. The van der Waals surface area contributed by atoms with Gasteiger partial charge in [-0.25, -0.2) is 0 Å². The zero-order chi connectivity index (χ0) is 13.9. The lowest BCUT2D eigenvalue weighted by molar-refractivity contribution is -0.141. The molecule has 0 heterocycles. The average molecular weight is 270 g/mol. The predicted octanol–water partition coefficient (Wildman–Crippen LogP) is 2.40. The number of ether oxygens (including phenoxy) is 1. The Balaban J connectivity index is 3.30. The summed E-state index contributed by atoms with van der Waals surface area (Å²) < 4.78 is 65.3. The van der Waals surface area contributed by atoms with Crippen molar-refractivity contribution in [2.75, 3.05) is 0 Å². The van der Waals surface area contributed by atoms with Gasteiger partial charge in [0.2, 0.25) is 0 Å². The van der Waals surface area contributed by atoms with Crippen LogP contribution in [0.3, 0.4) is 0 Å². The third-order valence-electron chi connectivity index (χ3n) is 1.90. The van der Waals surface area contributed by atoms with E-state index in [2.05, 4.69) is 9.89 Å². The van der Waals surface area contributed by atoms with Gasteiger partial charge in [-0.2, -0.15) is 22.0 Å². The Morgan fingerprint density at radius 2 is 1.94 bits per heavy atom. The lowest BCUT2D eigenvalue weighted by atomic mass is 10.1. The van der Waals surface area contributed by atoms with Gasteiger partial charge in [0.05, 0.1) is 5.56 Å². The van der Waals surface area contributed by atoms with Gasteiger partial charge in [0, 0.05) is 5.56 Å². The molecule has 4 nitrogen and oxygen atoms in total. The summed E-state index contributed by atoms with van der Waals surface area (Å²) in [6, 6.07) is 2.08. The minimum atomic E-state index is -4.91. The number of halogens is 5. The Labute approximate surface area is 97.5 Å². The smallest absolute Gasteiger partial charge is 0.419 e. The molecule has 1 aromatic carbocycles. The topological polar surface area (TPSA) is 67.8 Å². The largest absolute Gasteiger partial charge is 0.434 e. The first-order valence-electron chi connectivity index (χ1n) is 4.39. The predicted molar refractivity (Wildman–Crippen MR) is 50.6 cm³/mol. The van der Waals surface area contributed by atoms with Crippen LogP contribution in [0.2, 0.25) is 0 Å². The van der Waals surface area contributed by atoms with Crippen LogP contribution in [0.25, 0.3) is 0 Å². The molecule has 0 atom stereocenters. The van der Waals surface area contributed by atoms with Crippen molar-refractivity contribution in [1.29, 1.82) is 0 Å². The van der Waals surface area contributed by atoms with Gasteiger partial charge in [-0.05, 0) is 18.2 Å². The van der Waals surface area contributed by atoms with Gasteiger partial charge in [-0.15, -0.1) is 0 Å². The summed E-state index contributed by atoms with van der Waals surface area (Å²) in [7, 11) is 0. The van der Waals surface area contributed by atoms with E-state index in [1.165, 1.54) is 0 Å². The van der Waals surface area contributed by atoms with Crippen LogP contribution >= 0.6 is 0 Å². The van der Waals surface area contributed by atoms with E-state index in [0.29, 0.717) is 12.1 Å². The summed E-state index contributed by atoms with van der Waals surface area (Å²) >= 11 is 0. The minimum absolute atomic E-state index is 0.272. The van der Waals surface area contributed by atoms with Gasteiger partial charge in [0.25, 0.3) is 0 Å². The van der Waals surface area contributed by atoms with E-state index in [9.17, 15) is 22.0 Å². The number of oxime groups is 1. The Kier molecular flexibility index (Phi) is 3.94. The van der Waals surface area contributed by atoms with Gasteiger partial charge in [-0.1, -0.05) is 5.16 Å². The Morgan fingerprint density at radius 3 is 2.39 bits per heavy atom. The van der Waals surface area contributed by atoms with Crippen LogP contribution in [-0.4, -0.2) is 17.7 Å². The molecule has 0 aliphatic rings. The normalized spacial score (nSPS) is 12.9. The molecular formula is C9H7F5N2O2. The zero-order valence-corrected chi connectivity index (χ0v) is 8.58. The first-order chi connectivity index (χ1) is 8.25. The maximum atomic E-state index is 12.6. The molecule has 3 N–H and O–H groups in total. The molecule has 1 aromatic rings. The number of hydrogen-bond acceptors (Lipinski definition) is 3. The second-order valence-corrected chi connectivity index (χ2v) is 3.07. The fourth-order valence-corrected chi connectivity index (χ4v) is 1.17. The maximum Gasteiger partial charge on any atom is 0.419 e. The highest BCUT2D eigenvalue weighted by atomic mass is 19.4. The monoisotopic (exact) mass is 270 g/mol. The summed E-state index contributed by atoms with van der Waals surface area (Å²) in [6.45, 7) is -3.39. The highest BCUT2D eigenvalue weighted by molar-refractivity contribution is 5.97. The standard InChI is InChI=1S/C9H7F5N2O2/c10-8(11)18-6-2-1-4(7(15)16-17)3-5(6)9(12,13)14/h1-3,8,17H,(H2,15,16). The minimum Gasteiger partial charge on any atom is -0.434 e. The van der Waals surface area contributed by atoms with Crippen LogP contribution < -0.4 is 10.5 Å². The third-order valence-corrected chi connectivity index (χ3v) is 1.90. The number of nitrogens with zero attached hydrogens (tertiary/aromatic N) is 1. The van der Waals surface area contributed by atoms with E-state index in [4.69, 9.17) is 10.9 Å². The van der Waals surface area contributed by atoms with Crippen molar-refractivity contribution in [2.24, 2.45) is 10.9 Å². The van der Waals surface area contributed by atoms with E-state index in [1.54, 1.807) is 0 Å². The van der Waals surface area contributed by atoms with Crippen LogP contribution in [0, 0.1) is 0 Å². The molecule has 0 amide bonds. The number of amidine groups is 1. The summed E-state index contributed by atoms with van der Waals surface area (Å²) in [5.41, 5.74) is 3.39. The summed E-state index contributed by atoms with van der Waals surface area (Å²) in [5.74, 6) is -1.61. The summed E-state index contributed by atoms with van der Waals surface area (Å²) in [4.78, 5) is 0. The molecule has 0 spiro atoms. The van der Waals surface area contributed by atoms with Gasteiger partial charge in [0.1, 0.15) is 5.75 Å². The fraction of sp³-hybridized carbons (Fsp3) is 0.222. The first-order valence-corrected chi connectivity index (χ1v) is 4.39. The first kappa shape index (κ1) is 14.0. The van der Waals surface area contributed by atoms with Crippen molar-refractivity contribution in [3.8, 4) is 5.75 Å². The molecule has 0 saturated carbocycles. The highest BCUT2D eigenvalue weighted by Gasteiger charge is 2.35. The van der Waals surface area contributed by atoms with Crippen LogP contribution in [0.15, 0.2) is 23.4 Å². The summed E-state index contributed by atoms with van der Waals surface area (Å²) in [6.07, 6.45) is -4.91. The van der Waals surface area contributed by atoms with Crippen LogP contribution in [0.4, 0.5) is 22.0 Å². The third kappa shape index (κ3) is 3.22. The van der Waals surface area contributed by atoms with Crippen LogP contribution in [-0.2, 0) is 6.18 Å². The molecule has 100 valence electrons. The van der Waals surface area contributed by atoms with Crippen molar-refractivity contribution in [3.05, 3.63) is 29.3 Å². The molecule has 0 aliphatic heterocycles. The van der Waals surface area contributed by atoms with Crippen molar-refractivity contribution < 1.29 is 31.9 Å². The molecule has 0 fully saturated rings. The van der Waals surface area contributed by atoms with Gasteiger partial charge >= 0.3 is 12.8 Å². The molecule has 9 heteroatoms. The molecule has 0 aromatic heterocycles. The SMILES string of the molecule is N/C(=N/O)c1ccc(OC(F)F)c(C(F)(F)F)c1. The van der Waals surface area contributed by atoms with Crippen LogP contribution in [0.1, 0.15) is 11.1 Å². The molecule has 0 aliphatic carbocycles. The Morgan fingerprint density at radius 1 is 1.33 bits per heavy atom. The fourth-order valence-electron chi connectivity index (χ4n) is 1.17. The average Bonchev–Trinajstić information content (AvgIpc) is 2.26. The maximum absolute atomic E-state index is 12.6. The number of rotatable bonds is 3. The van der Waals surface area contributed by atoms with Gasteiger partial charge in [-0.3, -0.25) is 0 Å². The molecule has 0 saturated heterocycles.